The van der Waals surface area contributed by atoms with Gasteiger partial charge in [-0.15, -0.1) is 0 Å². The predicted molar refractivity (Wildman–Crippen MR) is 107 cm³/mol. The van der Waals surface area contributed by atoms with Gasteiger partial charge in [0.15, 0.2) is 5.96 Å². The van der Waals surface area contributed by atoms with Crippen molar-refractivity contribution in [3.05, 3.63) is 64.7 Å². The normalized spacial score (nSPS) is 12.6. The van der Waals surface area contributed by atoms with E-state index >= 15 is 0 Å². The summed E-state index contributed by atoms with van der Waals surface area (Å²) in [6.07, 6.45) is -0.643. The van der Waals surface area contributed by atoms with E-state index in [0.29, 0.717) is 19.0 Å². The third kappa shape index (κ3) is 5.77. The Morgan fingerprint density at radius 1 is 1.15 bits per heavy atom. The van der Waals surface area contributed by atoms with Crippen LogP contribution in [0.3, 0.4) is 0 Å². The molecule has 0 amide bonds. The lowest BCUT2D eigenvalue weighted by molar-refractivity contribution is 0.180. The lowest BCUT2D eigenvalue weighted by Gasteiger charge is -2.16. The van der Waals surface area contributed by atoms with Crippen molar-refractivity contribution in [2.24, 2.45) is 4.99 Å². The number of methoxy groups -OCH3 is 1. The Morgan fingerprint density at radius 3 is 2.65 bits per heavy atom. The summed E-state index contributed by atoms with van der Waals surface area (Å²) in [4.78, 5) is 4.63. The van der Waals surface area contributed by atoms with Crippen molar-refractivity contribution < 1.29 is 9.84 Å². The first-order valence-corrected chi connectivity index (χ1v) is 8.93. The summed E-state index contributed by atoms with van der Waals surface area (Å²) in [5.74, 6) is 1.42. The molecule has 26 heavy (non-hydrogen) atoms. The van der Waals surface area contributed by atoms with Gasteiger partial charge in [-0.3, -0.25) is 0 Å². The number of rotatable bonds is 7. The molecule has 5 heteroatoms. The molecule has 0 aliphatic carbocycles. The number of ether oxygens (including phenoxy) is 1. The lowest BCUT2D eigenvalue weighted by Crippen LogP contribution is -2.39. The number of nitrogens with one attached hydrogen (secondary N) is 2. The monoisotopic (exact) mass is 355 g/mol. The molecule has 5 nitrogen and oxygen atoms in total. The fourth-order valence-electron chi connectivity index (χ4n) is 2.69. The first-order chi connectivity index (χ1) is 12.5. The second-order valence-corrected chi connectivity index (χ2v) is 6.30. The number of hydrogen-bond donors (Lipinski definition) is 3. The van der Waals surface area contributed by atoms with Crippen molar-refractivity contribution in [1.82, 2.24) is 10.6 Å². The topological polar surface area (TPSA) is 65.9 Å². The minimum Gasteiger partial charge on any atom is -0.497 e. The van der Waals surface area contributed by atoms with Crippen LogP contribution < -0.4 is 15.4 Å². The van der Waals surface area contributed by atoms with Gasteiger partial charge < -0.3 is 20.5 Å². The number of hydrogen-bond acceptors (Lipinski definition) is 3. The summed E-state index contributed by atoms with van der Waals surface area (Å²) in [6, 6.07) is 13.8. The molecule has 0 aliphatic rings. The van der Waals surface area contributed by atoms with Crippen LogP contribution in [0, 0.1) is 13.8 Å². The average molecular weight is 355 g/mol. The number of benzene rings is 2. The third-order valence-electron chi connectivity index (χ3n) is 4.19. The number of aliphatic hydroxyl groups excluding tert-OH is 1. The van der Waals surface area contributed by atoms with E-state index in [1.807, 2.05) is 31.2 Å². The molecule has 2 rings (SSSR count). The zero-order valence-electron chi connectivity index (χ0n) is 16.0. The van der Waals surface area contributed by atoms with Crippen molar-refractivity contribution in [3.63, 3.8) is 0 Å². The van der Waals surface area contributed by atoms with Crippen LogP contribution in [0.2, 0.25) is 0 Å². The molecule has 0 aliphatic heterocycles. The first-order valence-electron chi connectivity index (χ1n) is 8.93. The van der Waals surface area contributed by atoms with Gasteiger partial charge in [-0.1, -0.05) is 35.9 Å². The van der Waals surface area contributed by atoms with Gasteiger partial charge in [0, 0.05) is 13.1 Å². The zero-order chi connectivity index (χ0) is 18.9. The second kappa shape index (κ2) is 9.82. The molecular formula is C21H29N3O2. The maximum absolute atomic E-state index is 10.4. The number of guanidine groups is 1. The Bertz CT molecular complexity index is 744. The molecule has 1 atom stereocenters. The molecular weight excluding hydrogens is 326 g/mol. The van der Waals surface area contributed by atoms with Gasteiger partial charge in [-0.2, -0.15) is 0 Å². The second-order valence-electron chi connectivity index (χ2n) is 6.30. The Balaban J connectivity index is 2.00. The van der Waals surface area contributed by atoms with Gasteiger partial charge in [0.05, 0.1) is 19.8 Å². The van der Waals surface area contributed by atoms with Gasteiger partial charge in [-0.05, 0) is 49.6 Å². The number of nitrogens with zero attached hydrogens (tertiary/aromatic N) is 1. The summed E-state index contributed by atoms with van der Waals surface area (Å²) in [5, 5.41) is 16.8. The van der Waals surface area contributed by atoms with E-state index in [9.17, 15) is 5.11 Å². The molecule has 2 aromatic carbocycles. The fraction of sp³-hybridized carbons (Fsp3) is 0.381. The minimum atomic E-state index is -0.643. The molecule has 3 N–H and O–H groups in total. The van der Waals surface area contributed by atoms with Gasteiger partial charge >= 0.3 is 0 Å². The number of aliphatic imine (C=N–C) groups is 1. The molecule has 0 saturated heterocycles. The highest BCUT2D eigenvalue weighted by molar-refractivity contribution is 5.79. The van der Waals surface area contributed by atoms with E-state index in [1.54, 1.807) is 7.11 Å². The van der Waals surface area contributed by atoms with E-state index in [-0.39, 0.29) is 0 Å². The highest BCUT2D eigenvalue weighted by Gasteiger charge is 2.09. The summed E-state index contributed by atoms with van der Waals surface area (Å²) in [7, 11) is 1.62. The summed E-state index contributed by atoms with van der Waals surface area (Å²) >= 11 is 0. The fourth-order valence-corrected chi connectivity index (χ4v) is 2.69. The van der Waals surface area contributed by atoms with Crippen LogP contribution >= 0.6 is 0 Å². The van der Waals surface area contributed by atoms with Gasteiger partial charge in [0.2, 0.25) is 0 Å². The molecule has 0 radical (unpaired) electrons. The molecule has 0 spiro atoms. The molecule has 0 bridgehead atoms. The van der Waals surface area contributed by atoms with Crippen LogP contribution in [0.15, 0.2) is 47.5 Å². The van der Waals surface area contributed by atoms with Crippen molar-refractivity contribution in [3.8, 4) is 5.75 Å². The van der Waals surface area contributed by atoms with Crippen LogP contribution in [0.25, 0.3) is 0 Å². The summed E-state index contributed by atoms with van der Waals surface area (Å²) in [6.45, 7) is 7.93. The summed E-state index contributed by atoms with van der Waals surface area (Å²) < 4.78 is 5.21. The van der Waals surface area contributed by atoms with Crippen LogP contribution in [-0.2, 0) is 6.54 Å². The zero-order valence-corrected chi connectivity index (χ0v) is 16.0. The first kappa shape index (κ1) is 19.8. The van der Waals surface area contributed by atoms with E-state index in [0.717, 1.165) is 17.9 Å². The third-order valence-corrected chi connectivity index (χ3v) is 4.19. The van der Waals surface area contributed by atoms with Gasteiger partial charge in [0.1, 0.15) is 5.75 Å². The minimum absolute atomic E-state index is 0.367. The van der Waals surface area contributed by atoms with E-state index in [1.165, 1.54) is 16.7 Å². The smallest absolute Gasteiger partial charge is 0.191 e. The average Bonchev–Trinajstić information content (AvgIpc) is 2.65. The lowest BCUT2D eigenvalue weighted by atomic mass is 10.1. The quantitative estimate of drug-likeness (QED) is 0.527. The van der Waals surface area contributed by atoms with Gasteiger partial charge in [0.25, 0.3) is 0 Å². The standard InChI is InChI=1S/C21H29N3O2/c1-5-22-21(23-13-18-10-9-15(2)11-16(18)3)24-14-20(25)17-7-6-8-19(12-17)26-4/h6-12,20,25H,5,13-14H2,1-4H3,(H2,22,23,24). The Kier molecular flexibility index (Phi) is 7.48. The van der Waals surface area contributed by atoms with E-state index < -0.39 is 6.10 Å². The molecule has 2 aromatic rings. The molecule has 0 aromatic heterocycles. The van der Waals surface area contributed by atoms with E-state index in [4.69, 9.17) is 4.74 Å². The van der Waals surface area contributed by atoms with Crippen molar-refractivity contribution in [1.29, 1.82) is 0 Å². The maximum atomic E-state index is 10.4. The van der Waals surface area contributed by atoms with Crippen LogP contribution in [-0.4, -0.2) is 31.3 Å². The molecule has 140 valence electrons. The summed E-state index contributed by atoms with van der Waals surface area (Å²) in [5.41, 5.74) is 4.49. The Labute approximate surface area is 156 Å². The Hall–Kier alpha value is -2.53. The van der Waals surface area contributed by atoms with Crippen LogP contribution in [0.4, 0.5) is 0 Å². The van der Waals surface area contributed by atoms with Crippen molar-refractivity contribution in [2.45, 2.75) is 33.4 Å². The SMILES string of the molecule is CCNC(=NCc1ccc(C)cc1C)NCC(O)c1cccc(OC)c1. The molecule has 0 saturated carbocycles. The van der Waals surface area contributed by atoms with Crippen molar-refractivity contribution >= 4 is 5.96 Å². The molecule has 0 fully saturated rings. The predicted octanol–water partition coefficient (Wildman–Crippen LogP) is 3.10. The highest BCUT2D eigenvalue weighted by atomic mass is 16.5. The number of aryl methyl sites for hydroxylation is 2. The molecule has 0 heterocycles. The van der Waals surface area contributed by atoms with E-state index in [2.05, 4.69) is 47.7 Å². The van der Waals surface area contributed by atoms with Gasteiger partial charge in [-0.25, -0.2) is 4.99 Å². The number of aliphatic hydroxyl groups is 1. The Morgan fingerprint density at radius 2 is 1.96 bits per heavy atom. The highest BCUT2D eigenvalue weighted by Crippen LogP contribution is 2.18. The van der Waals surface area contributed by atoms with Crippen LogP contribution in [0.5, 0.6) is 5.75 Å². The van der Waals surface area contributed by atoms with Crippen LogP contribution in [0.1, 0.15) is 35.3 Å². The molecule has 1 unspecified atom stereocenters. The largest absolute Gasteiger partial charge is 0.497 e. The maximum Gasteiger partial charge on any atom is 0.191 e. The van der Waals surface area contributed by atoms with Crippen molar-refractivity contribution in [2.75, 3.05) is 20.2 Å².